The average molecular weight is 618 g/mol. The van der Waals surface area contributed by atoms with E-state index in [4.69, 9.17) is 33.0 Å². The van der Waals surface area contributed by atoms with Crippen LogP contribution in [0, 0.1) is 5.92 Å². The first-order valence-electron chi connectivity index (χ1n) is 11.7. The number of carbonyl (C=O) groups is 3. The molecule has 0 bridgehead atoms. The molecule has 15 heteroatoms. The predicted molar refractivity (Wildman–Crippen MR) is 149 cm³/mol. The van der Waals surface area contributed by atoms with Crippen molar-refractivity contribution in [1.29, 1.82) is 0 Å². The number of amides is 2. The van der Waals surface area contributed by atoms with E-state index in [1.807, 2.05) is 0 Å². The lowest BCUT2D eigenvalue weighted by molar-refractivity contribution is 0.0699. The molecule has 39 heavy (non-hydrogen) atoms. The number of carbonyl (C=O) groups excluding carboxylic acids is 2. The van der Waals surface area contributed by atoms with Gasteiger partial charge in [-0.05, 0) is 48.9 Å². The largest absolute Gasteiger partial charge is 0.477 e. The van der Waals surface area contributed by atoms with E-state index in [0.29, 0.717) is 51.8 Å². The molecule has 0 spiro atoms. The number of rotatable bonds is 7. The van der Waals surface area contributed by atoms with Gasteiger partial charge in [-0.25, -0.2) is 9.59 Å². The fourth-order valence-corrected chi connectivity index (χ4v) is 5.55. The number of likely N-dealkylation sites (tertiary alicyclic amines) is 1. The molecule has 1 fully saturated rings. The van der Waals surface area contributed by atoms with Crippen molar-refractivity contribution in [3.63, 3.8) is 0 Å². The molecule has 1 aromatic carbocycles. The molecule has 3 aromatic rings. The Bertz CT molecular complexity index is 1390. The molecule has 3 heterocycles. The quantitative estimate of drug-likeness (QED) is 0.356. The summed E-state index contributed by atoms with van der Waals surface area (Å²) in [6.45, 7) is 1.97. The summed E-state index contributed by atoms with van der Waals surface area (Å²) in [5.41, 5.74) is 0.746. The van der Waals surface area contributed by atoms with Crippen LogP contribution >= 0.6 is 45.9 Å². The number of hydrogen-bond donors (Lipinski definition) is 3. The zero-order chi connectivity index (χ0) is 28.5. The molecule has 4 rings (SSSR count). The van der Waals surface area contributed by atoms with Gasteiger partial charge < -0.3 is 29.6 Å². The topological polar surface area (TPSA) is 153 Å². The maximum Gasteiger partial charge on any atom is 0.410 e. The number of aromatic carboxylic acids is 1. The number of carboxylic acids is 1. The molecule has 0 saturated carbocycles. The van der Waals surface area contributed by atoms with E-state index in [-0.39, 0.29) is 33.2 Å². The van der Waals surface area contributed by atoms with Gasteiger partial charge in [-0.15, -0.1) is 0 Å². The second kappa shape index (κ2) is 14.3. The van der Waals surface area contributed by atoms with E-state index in [9.17, 15) is 24.0 Å². The predicted octanol–water partition coefficient (Wildman–Crippen LogP) is 4.39. The number of aromatic amines is 2. The van der Waals surface area contributed by atoms with E-state index in [1.54, 1.807) is 35.0 Å². The van der Waals surface area contributed by atoms with Gasteiger partial charge in [-0.1, -0.05) is 45.9 Å². The van der Waals surface area contributed by atoms with Crippen molar-refractivity contribution in [3.05, 3.63) is 75.3 Å². The minimum Gasteiger partial charge on any atom is -0.477 e. The molecule has 1 aliphatic heterocycles. The Morgan fingerprint density at radius 1 is 1.03 bits per heavy atom. The first-order chi connectivity index (χ1) is 18.5. The van der Waals surface area contributed by atoms with E-state index >= 15 is 0 Å². The zero-order valence-electron chi connectivity index (χ0n) is 20.8. The van der Waals surface area contributed by atoms with Crippen LogP contribution in [0.15, 0.2) is 40.2 Å². The number of halogens is 2. The van der Waals surface area contributed by atoms with Crippen LogP contribution in [0.1, 0.15) is 44.2 Å². The number of benzene rings is 1. The smallest absolute Gasteiger partial charge is 0.410 e. The van der Waals surface area contributed by atoms with Gasteiger partial charge >= 0.3 is 21.8 Å². The summed E-state index contributed by atoms with van der Waals surface area (Å²) in [7, 11) is 1.74. The highest BCUT2D eigenvalue weighted by atomic mass is 35.5. The van der Waals surface area contributed by atoms with Gasteiger partial charge in [0.15, 0.2) is 0 Å². The number of H-pyrrole nitrogens is 2. The van der Waals surface area contributed by atoms with Crippen molar-refractivity contribution in [1.82, 2.24) is 19.8 Å². The molecule has 1 aliphatic rings. The van der Waals surface area contributed by atoms with Gasteiger partial charge in [0, 0.05) is 49.1 Å². The molecule has 2 amide bonds. The Labute approximate surface area is 240 Å². The van der Waals surface area contributed by atoms with Crippen LogP contribution in [0.3, 0.4) is 0 Å². The summed E-state index contributed by atoms with van der Waals surface area (Å²) >= 11 is 13.5. The second-order valence-corrected chi connectivity index (χ2v) is 11.6. The van der Waals surface area contributed by atoms with Gasteiger partial charge in [0.2, 0.25) is 0 Å². The van der Waals surface area contributed by atoms with Crippen molar-refractivity contribution in [3.8, 4) is 0 Å². The molecule has 11 nitrogen and oxygen atoms in total. The maximum atomic E-state index is 12.3. The lowest BCUT2D eigenvalue weighted by atomic mass is 9.93. The highest BCUT2D eigenvalue weighted by Crippen LogP contribution is 2.23. The average Bonchev–Trinajstić information content (AvgIpc) is 3.54. The summed E-state index contributed by atoms with van der Waals surface area (Å²) in [4.78, 5) is 64.1. The molecular formula is C24H26Cl2N4O7S2. The van der Waals surface area contributed by atoms with Crippen molar-refractivity contribution in [2.75, 3.05) is 26.7 Å². The van der Waals surface area contributed by atoms with Crippen LogP contribution in [0.4, 0.5) is 4.79 Å². The Morgan fingerprint density at radius 3 is 2.08 bits per heavy atom. The Kier molecular flexibility index (Phi) is 11.2. The number of nitrogens with one attached hydrogen (secondary N) is 2. The Balaban J connectivity index is 0.000000395. The molecule has 0 radical (unpaired) electrons. The summed E-state index contributed by atoms with van der Waals surface area (Å²) in [6, 6.07) is 5.07. The first kappa shape index (κ1) is 30.4. The summed E-state index contributed by atoms with van der Waals surface area (Å²) in [5, 5.41) is 9.26. The van der Waals surface area contributed by atoms with Gasteiger partial charge in [0.25, 0.3) is 5.91 Å². The van der Waals surface area contributed by atoms with Gasteiger partial charge in [-0.2, -0.15) is 0 Å². The van der Waals surface area contributed by atoms with Crippen LogP contribution in [0.2, 0.25) is 10.0 Å². The second-order valence-electron chi connectivity index (χ2n) is 8.67. The third-order valence-electron chi connectivity index (χ3n) is 5.85. The minimum atomic E-state index is -1.07. The number of piperidine rings is 1. The molecule has 2 aromatic heterocycles. The Morgan fingerprint density at radius 2 is 1.59 bits per heavy atom. The fourth-order valence-electron chi connectivity index (χ4n) is 3.78. The maximum absolute atomic E-state index is 12.3. The number of carboxylic acid groups (broad SMARTS) is 1. The lowest BCUT2D eigenvalue weighted by Gasteiger charge is -2.32. The first-order valence-corrected chi connectivity index (χ1v) is 14.1. The van der Waals surface area contributed by atoms with Crippen LogP contribution in [-0.4, -0.2) is 69.5 Å². The van der Waals surface area contributed by atoms with E-state index in [0.717, 1.165) is 36.2 Å². The molecule has 0 atom stereocenters. The summed E-state index contributed by atoms with van der Waals surface area (Å²) in [5.74, 6) is -0.792. The molecule has 3 N–H and O–H groups in total. The Hall–Kier alpha value is -3.13. The van der Waals surface area contributed by atoms with Crippen molar-refractivity contribution in [2.45, 2.75) is 25.9 Å². The standard InChI is InChI=1S/C20H23Cl2N3O4S.C4H3NO3S/c1-24(18(26)17-11-23-19(27)30-17)5-2-13-3-6-25(7-4-13)20(28)29-12-14-8-15(21)10-16(22)9-14;6-3(7)2-1-5-4(8)9-2/h8-11,13H,2-7,12H2,1H3,(H,23,27);1H,(H,5,8)(H,6,7). The minimum absolute atomic E-state index is 0.0417. The molecule has 0 aliphatic carbocycles. The molecule has 1 saturated heterocycles. The van der Waals surface area contributed by atoms with Crippen LogP contribution < -0.4 is 9.75 Å². The SMILES string of the molecule is CN(CCC1CCN(C(=O)OCc2cc(Cl)cc(Cl)c2)CC1)C(=O)c1c[nH]c(=O)s1.O=C(O)c1c[nH]c(=O)s1. The summed E-state index contributed by atoms with van der Waals surface area (Å²) < 4.78 is 5.38. The van der Waals surface area contributed by atoms with Gasteiger partial charge in [0.1, 0.15) is 16.4 Å². The molecule has 0 unspecified atom stereocenters. The van der Waals surface area contributed by atoms with Crippen LogP contribution in [-0.2, 0) is 11.3 Å². The van der Waals surface area contributed by atoms with Crippen LogP contribution in [0.5, 0.6) is 0 Å². The van der Waals surface area contributed by atoms with E-state index in [2.05, 4.69) is 9.97 Å². The van der Waals surface area contributed by atoms with Crippen molar-refractivity contribution in [2.24, 2.45) is 5.92 Å². The molecule has 210 valence electrons. The highest BCUT2D eigenvalue weighted by molar-refractivity contribution is 7.11. The van der Waals surface area contributed by atoms with Gasteiger partial charge in [0.05, 0.1) is 0 Å². The van der Waals surface area contributed by atoms with Crippen LogP contribution in [0.25, 0.3) is 0 Å². The lowest BCUT2D eigenvalue weighted by Crippen LogP contribution is -2.39. The number of hydrogen-bond acceptors (Lipinski definition) is 8. The number of thiazole rings is 2. The monoisotopic (exact) mass is 616 g/mol. The van der Waals surface area contributed by atoms with E-state index < -0.39 is 5.97 Å². The zero-order valence-corrected chi connectivity index (χ0v) is 23.9. The third kappa shape index (κ3) is 9.53. The number of nitrogens with zero attached hydrogens (tertiary/aromatic N) is 2. The molecular weight excluding hydrogens is 591 g/mol. The fraction of sp³-hybridized carbons (Fsp3) is 0.375. The number of ether oxygens (including phenoxy) is 1. The summed E-state index contributed by atoms with van der Waals surface area (Å²) in [6.07, 6.45) is 4.85. The van der Waals surface area contributed by atoms with Gasteiger partial charge in [-0.3, -0.25) is 14.4 Å². The highest BCUT2D eigenvalue weighted by Gasteiger charge is 2.25. The van der Waals surface area contributed by atoms with Crippen molar-refractivity contribution < 1.29 is 24.2 Å². The third-order valence-corrected chi connectivity index (χ3v) is 7.91. The normalized spacial score (nSPS) is 13.4. The van der Waals surface area contributed by atoms with Crippen molar-refractivity contribution >= 4 is 63.8 Å². The number of aromatic nitrogens is 2. The van der Waals surface area contributed by atoms with E-state index in [1.165, 1.54) is 12.4 Å².